The molecule has 0 aromatic heterocycles. The fourth-order valence-corrected chi connectivity index (χ4v) is 2.38. The van der Waals surface area contributed by atoms with Crippen LogP contribution in [0.2, 0.25) is 0 Å². The van der Waals surface area contributed by atoms with Gasteiger partial charge in [0.1, 0.15) is 6.04 Å². The molecule has 2 aliphatic rings. The quantitative estimate of drug-likeness (QED) is 0.612. The Labute approximate surface area is 142 Å². The number of rotatable bonds is 2. The Morgan fingerprint density at radius 1 is 1.13 bits per heavy atom. The van der Waals surface area contributed by atoms with Gasteiger partial charge < -0.3 is 4.90 Å². The summed E-state index contributed by atoms with van der Waals surface area (Å²) in [5.41, 5.74) is 2.31. The zero-order valence-corrected chi connectivity index (χ0v) is 15.7. The van der Waals surface area contributed by atoms with E-state index in [9.17, 15) is 9.59 Å². The largest absolute Gasteiger partial charge is 0.359 e. The number of hydrogen-bond donors (Lipinski definition) is 1. The van der Waals surface area contributed by atoms with E-state index < -0.39 is 0 Å². The molecular weight excluding hydrogens is 288 g/mol. The molecule has 0 aromatic rings. The van der Waals surface area contributed by atoms with Gasteiger partial charge in [-0.1, -0.05) is 40.3 Å². The first-order valence-corrected chi connectivity index (χ1v) is 8.54. The summed E-state index contributed by atoms with van der Waals surface area (Å²) >= 11 is 0. The number of hydrogen-bond acceptors (Lipinski definition) is 3. The molecule has 0 aromatic carbocycles. The van der Waals surface area contributed by atoms with Crippen molar-refractivity contribution in [2.45, 2.75) is 66.8 Å². The van der Waals surface area contributed by atoms with Crippen molar-refractivity contribution in [3.63, 3.8) is 0 Å². The highest BCUT2D eigenvalue weighted by Gasteiger charge is 2.34. The van der Waals surface area contributed by atoms with Crippen molar-refractivity contribution < 1.29 is 9.59 Å². The molecule has 2 aliphatic heterocycles. The van der Waals surface area contributed by atoms with Crippen LogP contribution in [-0.2, 0) is 9.59 Å². The van der Waals surface area contributed by atoms with Crippen LogP contribution < -0.4 is 5.32 Å². The highest BCUT2D eigenvalue weighted by atomic mass is 16.2. The van der Waals surface area contributed by atoms with Gasteiger partial charge in [0.25, 0.3) is 0 Å². The molecule has 0 bridgehead atoms. The van der Waals surface area contributed by atoms with Crippen LogP contribution in [0.3, 0.4) is 0 Å². The smallest absolute Gasteiger partial charge is 0.249 e. The van der Waals surface area contributed by atoms with Gasteiger partial charge >= 0.3 is 0 Å². The van der Waals surface area contributed by atoms with Gasteiger partial charge in [-0.3, -0.25) is 14.9 Å². The van der Waals surface area contributed by atoms with Crippen LogP contribution in [0.1, 0.15) is 60.8 Å². The lowest BCUT2D eigenvalue weighted by atomic mass is 10.0. The second-order valence-electron chi connectivity index (χ2n) is 4.69. The zero-order chi connectivity index (χ0) is 18.4. The minimum absolute atomic E-state index is 0.165. The van der Waals surface area contributed by atoms with Crippen molar-refractivity contribution in [3.8, 4) is 0 Å². The van der Waals surface area contributed by atoms with Gasteiger partial charge in [0.2, 0.25) is 11.8 Å². The fourth-order valence-electron chi connectivity index (χ4n) is 2.38. The monoisotopic (exact) mass is 322 g/mol. The number of nitrogens with one attached hydrogen (secondary N) is 1. The van der Waals surface area contributed by atoms with E-state index in [1.54, 1.807) is 12.2 Å². The Morgan fingerprint density at radius 2 is 1.65 bits per heavy atom. The van der Waals surface area contributed by atoms with Crippen LogP contribution in [0.25, 0.3) is 0 Å². The predicted molar refractivity (Wildman–Crippen MR) is 99.0 cm³/mol. The highest BCUT2D eigenvalue weighted by Crippen LogP contribution is 2.28. The topological polar surface area (TPSA) is 49.4 Å². The van der Waals surface area contributed by atoms with Gasteiger partial charge in [-0.2, -0.15) is 0 Å². The summed E-state index contributed by atoms with van der Waals surface area (Å²) in [7, 11) is 0. The van der Waals surface area contributed by atoms with Crippen molar-refractivity contribution in [2.75, 3.05) is 6.54 Å². The third kappa shape index (κ3) is 7.31. The molecule has 1 unspecified atom stereocenters. The number of nitrogens with zero attached hydrogens (tertiary/aromatic N) is 1. The van der Waals surface area contributed by atoms with Crippen molar-refractivity contribution >= 4 is 11.8 Å². The molecule has 0 aliphatic carbocycles. The maximum absolute atomic E-state index is 11.7. The van der Waals surface area contributed by atoms with E-state index in [0.29, 0.717) is 12.8 Å². The minimum Gasteiger partial charge on any atom is -0.359 e. The minimum atomic E-state index is -0.205. The number of piperidine rings is 1. The molecule has 0 radical (unpaired) electrons. The van der Waals surface area contributed by atoms with Gasteiger partial charge in [0.05, 0.1) is 0 Å². The average molecular weight is 322 g/mol. The Kier molecular flexibility index (Phi) is 14.1. The van der Waals surface area contributed by atoms with E-state index in [0.717, 1.165) is 18.7 Å². The lowest BCUT2D eigenvalue weighted by Gasteiger charge is -2.32. The number of amides is 2. The molecule has 0 saturated carbocycles. The molecule has 1 N–H and O–H groups in total. The fraction of sp³-hybridized carbons (Fsp3) is 0.579. The summed E-state index contributed by atoms with van der Waals surface area (Å²) in [5, 5.41) is 2.39. The number of carbonyl (C=O) groups excluding carboxylic acids is 2. The molecular formula is C19H34N2O2. The molecule has 2 heterocycles. The summed E-state index contributed by atoms with van der Waals surface area (Å²) in [6.07, 6.45) is 5.55. The molecule has 2 amide bonds. The van der Waals surface area contributed by atoms with E-state index in [4.69, 9.17) is 0 Å². The molecule has 1 fully saturated rings. The molecule has 1 atom stereocenters. The zero-order valence-electron chi connectivity index (χ0n) is 15.7. The van der Waals surface area contributed by atoms with Gasteiger partial charge in [-0.15, -0.1) is 6.58 Å². The summed E-state index contributed by atoms with van der Waals surface area (Å²) in [4.78, 5) is 24.9. The summed E-state index contributed by atoms with van der Waals surface area (Å²) in [6, 6.07) is -0.205. The molecule has 4 nitrogen and oxygen atoms in total. The molecule has 1 saturated heterocycles. The molecule has 4 heteroatoms. The maximum Gasteiger partial charge on any atom is 0.249 e. The van der Waals surface area contributed by atoms with Gasteiger partial charge in [0, 0.05) is 18.7 Å². The normalized spacial score (nSPS) is 19.2. The molecule has 2 rings (SSSR count). The Hall–Kier alpha value is -1.84. The first kappa shape index (κ1) is 23.4. The van der Waals surface area contributed by atoms with Crippen molar-refractivity contribution in [2.24, 2.45) is 0 Å². The van der Waals surface area contributed by atoms with Crippen LogP contribution in [0.4, 0.5) is 0 Å². The van der Waals surface area contributed by atoms with Crippen LogP contribution >= 0.6 is 0 Å². The Morgan fingerprint density at radius 3 is 2.09 bits per heavy atom. The Bertz CT molecular complexity index is 425. The van der Waals surface area contributed by atoms with E-state index in [1.807, 2.05) is 34.6 Å². The van der Waals surface area contributed by atoms with Crippen molar-refractivity contribution in [1.82, 2.24) is 10.2 Å². The molecule has 0 spiro atoms. The average Bonchev–Trinajstić information content (AvgIpc) is 2.92. The second-order valence-corrected chi connectivity index (χ2v) is 4.69. The SMILES string of the molecule is C=CC.C=CC1=C(C)CCN1C1CCC(=O)NC1=O.CC.CC. The van der Waals surface area contributed by atoms with Crippen LogP contribution in [0.15, 0.2) is 36.6 Å². The first-order chi connectivity index (χ1) is 11.0. The van der Waals surface area contributed by atoms with E-state index in [-0.39, 0.29) is 17.9 Å². The molecule has 132 valence electrons. The lowest BCUT2D eigenvalue weighted by molar-refractivity contribution is -0.136. The second kappa shape index (κ2) is 13.8. The van der Waals surface area contributed by atoms with Crippen LogP contribution in [-0.4, -0.2) is 29.3 Å². The van der Waals surface area contributed by atoms with Gasteiger partial charge in [-0.05, 0) is 38.3 Å². The maximum atomic E-state index is 11.7. The third-order valence-electron chi connectivity index (χ3n) is 3.25. The summed E-state index contributed by atoms with van der Waals surface area (Å²) in [5.74, 6) is -0.341. The number of carbonyl (C=O) groups is 2. The van der Waals surface area contributed by atoms with Gasteiger partial charge in [0.15, 0.2) is 0 Å². The third-order valence-corrected chi connectivity index (χ3v) is 3.25. The van der Waals surface area contributed by atoms with E-state index >= 15 is 0 Å². The van der Waals surface area contributed by atoms with E-state index in [1.165, 1.54) is 5.57 Å². The molecule has 23 heavy (non-hydrogen) atoms. The van der Waals surface area contributed by atoms with Crippen molar-refractivity contribution in [1.29, 1.82) is 0 Å². The summed E-state index contributed by atoms with van der Waals surface area (Å²) < 4.78 is 0. The first-order valence-electron chi connectivity index (χ1n) is 8.54. The highest BCUT2D eigenvalue weighted by molar-refractivity contribution is 6.00. The van der Waals surface area contributed by atoms with E-state index in [2.05, 4.69) is 30.3 Å². The number of imide groups is 1. The van der Waals surface area contributed by atoms with Crippen molar-refractivity contribution in [3.05, 3.63) is 36.6 Å². The standard InChI is InChI=1S/C12H16N2O2.C3H6.2C2H6/c1-3-9-8(2)6-7-14(9)10-4-5-11(15)13-12(10)16;1-3-2;2*1-2/h3,10H,1,4-7H2,2H3,(H,13,15,16);3H,1H2,2H3;2*1-2H3. The predicted octanol–water partition coefficient (Wildman–Crippen LogP) is 4.20. The van der Waals surface area contributed by atoms with Crippen LogP contribution in [0.5, 0.6) is 0 Å². The van der Waals surface area contributed by atoms with Gasteiger partial charge in [-0.25, -0.2) is 0 Å². The lowest BCUT2D eigenvalue weighted by Crippen LogP contribution is -2.51. The number of allylic oxidation sites excluding steroid dienone is 2. The Balaban J connectivity index is 0. The summed E-state index contributed by atoms with van der Waals surface area (Å²) in [6.45, 7) is 19.9. The van der Waals surface area contributed by atoms with Crippen LogP contribution in [0, 0.1) is 0 Å².